The number of carbonyl (C=O) groups is 1. The van der Waals surface area contributed by atoms with Crippen molar-refractivity contribution >= 4 is 23.7 Å². The van der Waals surface area contributed by atoms with Gasteiger partial charge in [0, 0.05) is 44.4 Å². The third kappa shape index (κ3) is 5.49. The molecule has 1 aromatic carbocycles. The monoisotopic (exact) mass is 373 g/mol. The molecular weight excluding hydrogens is 350 g/mol. The van der Waals surface area contributed by atoms with Crippen molar-refractivity contribution < 1.29 is 4.79 Å². The van der Waals surface area contributed by atoms with Gasteiger partial charge in [-0.25, -0.2) is 4.79 Å². The fraction of sp³-hybridized carbons (Fsp3) is 0.316. The maximum Gasteiger partial charge on any atom is 0.330 e. The SMILES string of the molecule is Cc1ccc(CSCCNC(=O)/C=C/c2cn(C)c(=O)n(C)c2=O)cc1. The van der Waals surface area contributed by atoms with Gasteiger partial charge in [-0.05, 0) is 18.6 Å². The second kappa shape index (κ2) is 9.24. The van der Waals surface area contributed by atoms with Crippen molar-refractivity contribution in [1.29, 1.82) is 0 Å². The van der Waals surface area contributed by atoms with Crippen LogP contribution in [0.25, 0.3) is 6.08 Å². The van der Waals surface area contributed by atoms with Gasteiger partial charge in [0.1, 0.15) is 0 Å². The van der Waals surface area contributed by atoms with Crippen LogP contribution in [0.5, 0.6) is 0 Å². The number of amides is 1. The molecule has 0 saturated heterocycles. The molecule has 0 atom stereocenters. The average Bonchev–Trinajstić information content (AvgIpc) is 2.63. The van der Waals surface area contributed by atoms with Crippen LogP contribution in [0.1, 0.15) is 16.7 Å². The summed E-state index contributed by atoms with van der Waals surface area (Å²) in [6, 6.07) is 8.40. The summed E-state index contributed by atoms with van der Waals surface area (Å²) in [5, 5.41) is 2.78. The molecule has 0 radical (unpaired) electrons. The van der Waals surface area contributed by atoms with Crippen LogP contribution in [0.3, 0.4) is 0 Å². The van der Waals surface area contributed by atoms with E-state index in [4.69, 9.17) is 0 Å². The molecule has 0 aliphatic heterocycles. The fourth-order valence-corrected chi connectivity index (χ4v) is 3.11. The Labute approximate surface area is 156 Å². The molecule has 0 spiro atoms. The maximum absolute atomic E-state index is 12.0. The van der Waals surface area contributed by atoms with Gasteiger partial charge in [0.05, 0.1) is 5.56 Å². The van der Waals surface area contributed by atoms with Crippen LogP contribution in [0, 0.1) is 6.92 Å². The van der Waals surface area contributed by atoms with Crippen molar-refractivity contribution in [1.82, 2.24) is 14.5 Å². The Morgan fingerprint density at radius 1 is 1.19 bits per heavy atom. The Hall–Kier alpha value is -2.54. The van der Waals surface area contributed by atoms with Crippen molar-refractivity contribution in [3.05, 3.63) is 74.1 Å². The molecule has 6 nitrogen and oxygen atoms in total. The summed E-state index contributed by atoms with van der Waals surface area (Å²) < 4.78 is 2.32. The number of aromatic nitrogens is 2. The van der Waals surface area contributed by atoms with E-state index in [9.17, 15) is 14.4 Å². The second-order valence-electron chi connectivity index (χ2n) is 6.00. The zero-order valence-electron chi connectivity index (χ0n) is 15.2. The third-order valence-electron chi connectivity index (χ3n) is 3.82. The van der Waals surface area contributed by atoms with E-state index in [0.717, 1.165) is 16.1 Å². The summed E-state index contributed by atoms with van der Waals surface area (Å²) in [6.45, 7) is 2.61. The van der Waals surface area contributed by atoms with Gasteiger partial charge in [-0.3, -0.25) is 14.2 Å². The number of aryl methyl sites for hydroxylation is 2. The maximum atomic E-state index is 12.0. The largest absolute Gasteiger partial charge is 0.352 e. The number of nitrogens with zero attached hydrogens (tertiary/aromatic N) is 2. The first-order valence-corrected chi connectivity index (χ1v) is 9.40. The van der Waals surface area contributed by atoms with Gasteiger partial charge in [-0.1, -0.05) is 29.8 Å². The molecule has 1 aromatic heterocycles. The molecule has 26 heavy (non-hydrogen) atoms. The lowest BCUT2D eigenvalue weighted by molar-refractivity contribution is -0.116. The summed E-state index contributed by atoms with van der Waals surface area (Å²) >= 11 is 1.75. The normalized spacial score (nSPS) is 11.0. The molecule has 138 valence electrons. The summed E-state index contributed by atoms with van der Waals surface area (Å²) in [5.74, 6) is 1.44. The number of hydrogen-bond donors (Lipinski definition) is 1. The van der Waals surface area contributed by atoms with Crippen LogP contribution in [0.4, 0.5) is 0 Å². The highest BCUT2D eigenvalue weighted by Gasteiger charge is 2.04. The van der Waals surface area contributed by atoms with Crippen LogP contribution in [0.15, 0.2) is 46.1 Å². The number of benzene rings is 1. The first-order chi connectivity index (χ1) is 12.4. The molecule has 0 aliphatic carbocycles. The minimum atomic E-state index is -0.425. The molecule has 7 heteroatoms. The molecule has 1 N–H and O–H groups in total. The van der Waals surface area contributed by atoms with Gasteiger partial charge in [0.15, 0.2) is 0 Å². The first-order valence-electron chi connectivity index (χ1n) is 8.24. The molecule has 2 rings (SSSR count). The average molecular weight is 373 g/mol. The Bertz CT molecular complexity index is 911. The quantitative estimate of drug-likeness (QED) is 0.589. The Balaban J connectivity index is 1.78. The van der Waals surface area contributed by atoms with Crippen molar-refractivity contribution in [3.63, 3.8) is 0 Å². The van der Waals surface area contributed by atoms with E-state index in [1.165, 1.54) is 41.1 Å². The van der Waals surface area contributed by atoms with Crippen LogP contribution in [0.2, 0.25) is 0 Å². The number of carbonyl (C=O) groups excluding carboxylic acids is 1. The number of rotatable bonds is 7. The van der Waals surface area contributed by atoms with Crippen molar-refractivity contribution in [2.75, 3.05) is 12.3 Å². The number of nitrogens with one attached hydrogen (secondary N) is 1. The smallest absolute Gasteiger partial charge is 0.330 e. The molecule has 0 aliphatic rings. The van der Waals surface area contributed by atoms with Crippen LogP contribution < -0.4 is 16.6 Å². The molecule has 0 saturated carbocycles. The predicted molar refractivity (Wildman–Crippen MR) is 106 cm³/mol. The lowest BCUT2D eigenvalue weighted by Crippen LogP contribution is -2.37. The highest BCUT2D eigenvalue weighted by Crippen LogP contribution is 2.12. The van der Waals surface area contributed by atoms with E-state index < -0.39 is 11.2 Å². The van der Waals surface area contributed by atoms with E-state index in [-0.39, 0.29) is 5.91 Å². The predicted octanol–water partition coefficient (Wildman–Crippen LogP) is 1.46. The summed E-state index contributed by atoms with van der Waals surface area (Å²) in [7, 11) is 2.97. The molecule has 2 aromatic rings. The van der Waals surface area contributed by atoms with Gasteiger partial charge in [-0.15, -0.1) is 0 Å². The number of hydrogen-bond acceptors (Lipinski definition) is 4. The van der Waals surface area contributed by atoms with Crippen LogP contribution in [-0.4, -0.2) is 27.3 Å². The Morgan fingerprint density at radius 2 is 1.88 bits per heavy atom. The van der Waals surface area contributed by atoms with Crippen molar-refractivity contribution in [3.8, 4) is 0 Å². The van der Waals surface area contributed by atoms with Crippen molar-refractivity contribution in [2.24, 2.45) is 14.1 Å². The Kier molecular flexibility index (Phi) is 7.03. The molecule has 0 fully saturated rings. The van der Waals surface area contributed by atoms with E-state index >= 15 is 0 Å². The van der Waals surface area contributed by atoms with E-state index in [0.29, 0.717) is 12.1 Å². The molecule has 0 bridgehead atoms. The molecule has 0 unspecified atom stereocenters. The molecular formula is C19H23N3O3S. The standard InChI is InChI=1S/C19H23N3O3S/c1-14-4-6-15(7-5-14)13-26-11-10-20-17(23)9-8-16-12-21(2)19(25)22(3)18(16)24/h4-9,12H,10-11,13H2,1-3H3,(H,20,23)/b9-8+. The third-order valence-corrected chi connectivity index (χ3v) is 4.85. The van der Waals surface area contributed by atoms with Gasteiger partial charge >= 0.3 is 5.69 Å². The topological polar surface area (TPSA) is 73.1 Å². The lowest BCUT2D eigenvalue weighted by atomic mass is 10.2. The van der Waals surface area contributed by atoms with Gasteiger partial charge in [0.25, 0.3) is 5.56 Å². The molecule has 1 amide bonds. The Morgan fingerprint density at radius 3 is 2.58 bits per heavy atom. The lowest BCUT2D eigenvalue weighted by Gasteiger charge is -2.04. The van der Waals surface area contributed by atoms with Crippen LogP contribution >= 0.6 is 11.8 Å². The van der Waals surface area contributed by atoms with E-state index in [1.807, 2.05) is 0 Å². The van der Waals surface area contributed by atoms with E-state index in [2.05, 4.69) is 36.5 Å². The highest BCUT2D eigenvalue weighted by atomic mass is 32.2. The minimum absolute atomic E-state index is 0.267. The van der Waals surface area contributed by atoms with E-state index in [1.54, 1.807) is 18.8 Å². The van der Waals surface area contributed by atoms with Crippen LogP contribution in [-0.2, 0) is 24.6 Å². The summed E-state index contributed by atoms with van der Waals surface area (Å²) in [4.78, 5) is 35.4. The zero-order chi connectivity index (χ0) is 19.1. The summed E-state index contributed by atoms with van der Waals surface area (Å²) in [5.41, 5.74) is 1.97. The van der Waals surface area contributed by atoms with Crippen molar-refractivity contribution in [2.45, 2.75) is 12.7 Å². The summed E-state index contributed by atoms with van der Waals surface area (Å²) in [6.07, 6.45) is 4.16. The first kappa shape index (κ1) is 19.8. The van der Waals surface area contributed by atoms with Gasteiger partial charge in [-0.2, -0.15) is 11.8 Å². The number of thioether (sulfide) groups is 1. The fourth-order valence-electron chi connectivity index (χ4n) is 2.30. The highest BCUT2D eigenvalue weighted by molar-refractivity contribution is 7.98. The zero-order valence-corrected chi connectivity index (χ0v) is 16.0. The van der Waals surface area contributed by atoms with Gasteiger partial charge in [0.2, 0.25) is 5.91 Å². The minimum Gasteiger partial charge on any atom is -0.352 e. The van der Waals surface area contributed by atoms with Gasteiger partial charge < -0.3 is 9.88 Å². The second-order valence-corrected chi connectivity index (χ2v) is 7.11. The molecule has 1 heterocycles.